The average molecular weight is 372 g/mol. The quantitative estimate of drug-likeness (QED) is 0.432. The van der Waals surface area contributed by atoms with Gasteiger partial charge >= 0.3 is 0 Å². The normalized spacial score (nSPS) is 22.7. The highest BCUT2D eigenvalue weighted by Gasteiger charge is 2.36. The molecule has 0 unspecified atom stereocenters. The fraction of sp³-hybridized carbons (Fsp3) is 0.450. The number of anilines is 1. The Labute approximate surface area is 160 Å². The van der Waals surface area contributed by atoms with Gasteiger partial charge in [-0.3, -0.25) is 19.4 Å². The van der Waals surface area contributed by atoms with Crippen molar-refractivity contribution < 1.29 is 9.59 Å². The molecule has 2 aliphatic heterocycles. The Bertz CT molecular complexity index is 817. The van der Waals surface area contributed by atoms with Crippen LogP contribution in [0.3, 0.4) is 0 Å². The summed E-state index contributed by atoms with van der Waals surface area (Å²) < 4.78 is 0. The van der Waals surface area contributed by atoms with E-state index in [-0.39, 0.29) is 28.0 Å². The molecule has 3 rings (SSSR count). The van der Waals surface area contributed by atoms with Gasteiger partial charge in [0.1, 0.15) is 5.57 Å². The molecule has 0 spiro atoms. The van der Waals surface area contributed by atoms with Crippen molar-refractivity contribution in [3.63, 3.8) is 0 Å². The molecule has 2 amide bonds. The third-order valence-electron chi connectivity index (χ3n) is 5.61. The van der Waals surface area contributed by atoms with Gasteiger partial charge < -0.3 is 4.90 Å². The van der Waals surface area contributed by atoms with Crippen LogP contribution in [0.4, 0.5) is 5.69 Å². The summed E-state index contributed by atoms with van der Waals surface area (Å²) in [5.74, 6) is -0.311. The lowest BCUT2D eigenvalue weighted by Crippen LogP contribution is -2.52. The number of carbonyl (C=O) groups is 2. The second-order valence-electron chi connectivity index (χ2n) is 7.86. The molecule has 1 aromatic rings. The monoisotopic (exact) mass is 371 g/mol. The van der Waals surface area contributed by atoms with Gasteiger partial charge in [0.25, 0.3) is 11.8 Å². The summed E-state index contributed by atoms with van der Waals surface area (Å²) in [6.07, 6.45) is 2.72. The third-order valence-corrected chi connectivity index (χ3v) is 6.16. The van der Waals surface area contributed by atoms with Gasteiger partial charge in [-0.1, -0.05) is 13.0 Å². The summed E-state index contributed by atoms with van der Waals surface area (Å²) >= 11 is 5.13. The number of hydrogen-bond acceptors (Lipinski definition) is 4. The molecule has 0 aliphatic carbocycles. The van der Waals surface area contributed by atoms with Crippen LogP contribution in [-0.4, -0.2) is 53.4 Å². The highest BCUT2D eigenvalue weighted by atomic mass is 32.1. The Kier molecular flexibility index (Phi) is 4.43. The molecular weight excluding hydrogens is 346 g/mol. The zero-order valence-corrected chi connectivity index (χ0v) is 17.0. The predicted octanol–water partition coefficient (Wildman–Crippen LogP) is 3.01. The molecule has 0 radical (unpaired) electrons. The molecule has 0 aromatic heterocycles. The first kappa shape index (κ1) is 18.6. The van der Waals surface area contributed by atoms with Crippen molar-refractivity contribution in [2.45, 2.75) is 38.6 Å². The van der Waals surface area contributed by atoms with E-state index in [4.69, 9.17) is 12.2 Å². The number of nitrogens with zero attached hydrogens (tertiary/aromatic N) is 3. The molecule has 0 bridgehead atoms. The summed E-state index contributed by atoms with van der Waals surface area (Å²) in [7, 11) is 5.29. The number of carbonyl (C=O) groups excluding carboxylic acids is 2. The Hall–Kier alpha value is -2.21. The molecule has 138 valence electrons. The van der Waals surface area contributed by atoms with Crippen LogP contribution in [0.2, 0.25) is 0 Å². The highest BCUT2D eigenvalue weighted by Crippen LogP contribution is 2.42. The van der Waals surface area contributed by atoms with Gasteiger partial charge in [0.15, 0.2) is 5.11 Å². The van der Waals surface area contributed by atoms with Gasteiger partial charge in [-0.05, 0) is 67.7 Å². The predicted molar refractivity (Wildman–Crippen MR) is 108 cm³/mol. The molecule has 1 fully saturated rings. The zero-order chi connectivity index (χ0) is 19.4. The summed E-state index contributed by atoms with van der Waals surface area (Å²) in [5, 5.41) is 0.222. The first-order chi connectivity index (χ1) is 12.0. The van der Waals surface area contributed by atoms with E-state index in [1.54, 1.807) is 20.2 Å². The van der Waals surface area contributed by atoms with Gasteiger partial charge in [0, 0.05) is 32.4 Å². The smallest absolute Gasteiger partial charge is 0.265 e. The van der Waals surface area contributed by atoms with Crippen LogP contribution in [0.15, 0.2) is 23.8 Å². The summed E-state index contributed by atoms with van der Waals surface area (Å²) in [6.45, 7) is 6.72. The number of likely N-dealkylation sites (N-methyl/N-ethyl adjacent to an activating group) is 2. The van der Waals surface area contributed by atoms with E-state index in [0.29, 0.717) is 5.92 Å². The van der Waals surface area contributed by atoms with E-state index < -0.39 is 0 Å². The average Bonchev–Trinajstić information content (AvgIpc) is 2.60. The maximum atomic E-state index is 12.5. The highest BCUT2D eigenvalue weighted by molar-refractivity contribution is 7.80. The maximum Gasteiger partial charge on any atom is 0.265 e. The molecule has 0 saturated carbocycles. The minimum Gasteiger partial charge on any atom is -0.369 e. The number of hydrogen-bond donors (Lipinski definition) is 0. The number of rotatable bonds is 1. The summed E-state index contributed by atoms with van der Waals surface area (Å²) in [6, 6.07) is 6.13. The van der Waals surface area contributed by atoms with E-state index >= 15 is 0 Å². The van der Waals surface area contributed by atoms with Crippen LogP contribution in [0.5, 0.6) is 0 Å². The molecule has 1 saturated heterocycles. The molecule has 5 nitrogen and oxygen atoms in total. The van der Waals surface area contributed by atoms with E-state index in [2.05, 4.69) is 44.9 Å². The van der Waals surface area contributed by atoms with Crippen molar-refractivity contribution >= 4 is 40.9 Å². The van der Waals surface area contributed by atoms with E-state index in [1.165, 1.54) is 21.1 Å². The Morgan fingerprint density at radius 2 is 1.69 bits per heavy atom. The van der Waals surface area contributed by atoms with Crippen LogP contribution in [0.1, 0.15) is 44.2 Å². The molecular formula is C20H25N3O2S. The standard InChI is InChI=1S/C20H25N3O2S/c1-12-11-20(2,3)23(6)16-8-7-13(9-14(12)16)10-15-17(24)21(4)19(26)22(5)18(15)25/h7-10,12H,11H2,1-6H3/t12-/m0/s1. The zero-order valence-electron chi connectivity index (χ0n) is 16.2. The van der Waals surface area contributed by atoms with E-state index in [1.807, 2.05) is 6.07 Å². The van der Waals surface area contributed by atoms with Gasteiger partial charge in [0.2, 0.25) is 0 Å². The van der Waals surface area contributed by atoms with Crippen molar-refractivity contribution in [3.8, 4) is 0 Å². The van der Waals surface area contributed by atoms with Crippen molar-refractivity contribution in [1.29, 1.82) is 0 Å². The number of benzene rings is 1. The van der Waals surface area contributed by atoms with Crippen molar-refractivity contribution in [2.75, 3.05) is 26.0 Å². The SMILES string of the molecule is C[C@H]1CC(C)(C)N(C)c2ccc(C=C3C(=O)N(C)C(=S)N(C)C3=O)cc21. The lowest BCUT2D eigenvalue weighted by atomic mass is 9.80. The van der Waals surface area contributed by atoms with Crippen LogP contribution in [0.25, 0.3) is 6.08 Å². The van der Waals surface area contributed by atoms with Crippen LogP contribution in [0, 0.1) is 0 Å². The third kappa shape index (κ3) is 2.82. The van der Waals surface area contributed by atoms with Gasteiger partial charge in [-0.2, -0.15) is 0 Å². The molecule has 1 atom stereocenters. The summed E-state index contributed by atoms with van der Waals surface area (Å²) in [5.41, 5.74) is 3.54. The van der Waals surface area contributed by atoms with Gasteiger partial charge in [-0.15, -0.1) is 0 Å². The van der Waals surface area contributed by atoms with Crippen LogP contribution < -0.4 is 4.90 Å². The second-order valence-corrected chi connectivity index (χ2v) is 8.23. The van der Waals surface area contributed by atoms with Crippen LogP contribution >= 0.6 is 12.2 Å². The maximum absolute atomic E-state index is 12.5. The molecule has 6 heteroatoms. The van der Waals surface area contributed by atoms with E-state index in [0.717, 1.165) is 12.0 Å². The first-order valence-corrected chi connectivity index (χ1v) is 9.15. The van der Waals surface area contributed by atoms with Crippen LogP contribution in [-0.2, 0) is 9.59 Å². The lowest BCUT2D eigenvalue weighted by Gasteiger charge is -2.45. The topological polar surface area (TPSA) is 43.9 Å². The lowest BCUT2D eigenvalue weighted by molar-refractivity contribution is -0.132. The minimum atomic E-state index is -0.359. The summed E-state index contributed by atoms with van der Waals surface area (Å²) in [4.78, 5) is 30.0. The number of amides is 2. The molecule has 0 N–H and O–H groups in total. The Morgan fingerprint density at radius 1 is 1.12 bits per heavy atom. The largest absolute Gasteiger partial charge is 0.369 e. The van der Waals surface area contributed by atoms with Crippen molar-refractivity contribution in [1.82, 2.24) is 9.80 Å². The van der Waals surface area contributed by atoms with Crippen molar-refractivity contribution in [3.05, 3.63) is 34.9 Å². The fourth-order valence-corrected chi connectivity index (χ4v) is 3.99. The first-order valence-electron chi connectivity index (χ1n) is 8.74. The second kappa shape index (κ2) is 6.20. The van der Waals surface area contributed by atoms with Gasteiger partial charge in [0.05, 0.1) is 0 Å². The molecule has 2 heterocycles. The number of fused-ring (bicyclic) bond motifs is 1. The molecule has 1 aromatic carbocycles. The Morgan fingerprint density at radius 3 is 2.27 bits per heavy atom. The molecule has 2 aliphatic rings. The number of thiocarbonyl (C=S) groups is 1. The fourth-order valence-electron chi connectivity index (χ4n) is 3.83. The van der Waals surface area contributed by atoms with E-state index in [9.17, 15) is 9.59 Å². The van der Waals surface area contributed by atoms with Gasteiger partial charge in [-0.25, -0.2) is 0 Å². The minimum absolute atomic E-state index is 0.100. The molecule has 26 heavy (non-hydrogen) atoms. The van der Waals surface area contributed by atoms with Crippen molar-refractivity contribution in [2.24, 2.45) is 0 Å². The Balaban J connectivity index is 2.03.